The van der Waals surface area contributed by atoms with Gasteiger partial charge in [0, 0.05) is 13.7 Å². The first kappa shape index (κ1) is 16.0. The quantitative estimate of drug-likeness (QED) is 0.773. The Kier molecular flexibility index (Phi) is 5.42. The standard InChI is InChI=1S/C12H18FNO4S/c1-12(15,9-18-2)8-14-19(16,17)7-10-4-3-5-11(13)6-10/h3-6,14-15H,7-9H2,1-2H3. The predicted molar refractivity (Wildman–Crippen MR) is 69.5 cm³/mol. The average Bonchev–Trinajstić information content (AvgIpc) is 2.26. The Hall–Kier alpha value is -1.02. The topological polar surface area (TPSA) is 75.6 Å². The molecule has 0 aliphatic heterocycles. The van der Waals surface area contributed by atoms with Gasteiger partial charge >= 0.3 is 0 Å². The summed E-state index contributed by atoms with van der Waals surface area (Å²) in [5, 5.41) is 9.78. The third-order valence-corrected chi connectivity index (χ3v) is 3.67. The average molecular weight is 291 g/mol. The highest BCUT2D eigenvalue weighted by Gasteiger charge is 2.23. The van der Waals surface area contributed by atoms with Gasteiger partial charge in [-0.3, -0.25) is 0 Å². The summed E-state index contributed by atoms with van der Waals surface area (Å²) >= 11 is 0. The Morgan fingerprint density at radius 2 is 2.16 bits per heavy atom. The fraction of sp³-hybridized carbons (Fsp3) is 0.500. The van der Waals surface area contributed by atoms with Crippen LogP contribution in [-0.2, 0) is 20.5 Å². The fourth-order valence-corrected chi connectivity index (χ4v) is 2.78. The number of halogens is 1. The zero-order valence-corrected chi connectivity index (χ0v) is 11.7. The summed E-state index contributed by atoms with van der Waals surface area (Å²) < 4.78 is 43.5. The van der Waals surface area contributed by atoms with Crippen LogP contribution in [0.4, 0.5) is 4.39 Å². The monoisotopic (exact) mass is 291 g/mol. The third kappa shape index (κ3) is 6.11. The van der Waals surface area contributed by atoms with Gasteiger partial charge in [-0.2, -0.15) is 0 Å². The molecule has 1 atom stereocenters. The molecule has 108 valence electrons. The van der Waals surface area contributed by atoms with E-state index in [0.29, 0.717) is 5.56 Å². The summed E-state index contributed by atoms with van der Waals surface area (Å²) in [5.41, 5.74) is -0.942. The van der Waals surface area contributed by atoms with E-state index in [4.69, 9.17) is 4.74 Å². The number of sulfonamides is 1. The molecule has 0 amide bonds. The summed E-state index contributed by atoms with van der Waals surface area (Å²) in [6, 6.07) is 5.37. The maximum absolute atomic E-state index is 12.9. The lowest BCUT2D eigenvalue weighted by Crippen LogP contribution is -2.44. The maximum Gasteiger partial charge on any atom is 0.215 e. The molecule has 7 heteroatoms. The lowest BCUT2D eigenvalue weighted by Gasteiger charge is -2.22. The van der Waals surface area contributed by atoms with E-state index >= 15 is 0 Å². The Morgan fingerprint density at radius 3 is 2.74 bits per heavy atom. The molecule has 0 saturated heterocycles. The normalized spacial score (nSPS) is 15.2. The third-order valence-electron chi connectivity index (χ3n) is 2.37. The van der Waals surface area contributed by atoms with E-state index in [0.717, 1.165) is 6.07 Å². The highest BCUT2D eigenvalue weighted by atomic mass is 32.2. The van der Waals surface area contributed by atoms with Crippen molar-refractivity contribution >= 4 is 10.0 Å². The van der Waals surface area contributed by atoms with Crippen LogP contribution in [0.5, 0.6) is 0 Å². The molecule has 0 aliphatic carbocycles. The fourth-order valence-electron chi connectivity index (χ4n) is 1.52. The van der Waals surface area contributed by atoms with Gasteiger partial charge in [-0.1, -0.05) is 12.1 Å². The molecule has 0 aliphatic rings. The molecule has 0 bridgehead atoms. The molecule has 0 saturated carbocycles. The highest BCUT2D eigenvalue weighted by Crippen LogP contribution is 2.08. The molecule has 0 heterocycles. The van der Waals surface area contributed by atoms with E-state index in [2.05, 4.69) is 4.72 Å². The molecular weight excluding hydrogens is 273 g/mol. The first-order valence-electron chi connectivity index (χ1n) is 5.67. The second-order valence-corrected chi connectivity index (χ2v) is 6.45. The van der Waals surface area contributed by atoms with Crippen molar-refractivity contribution in [2.45, 2.75) is 18.3 Å². The first-order valence-corrected chi connectivity index (χ1v) is 7.32. The molecular formula is C12H18FNO4S. The molecule has 19 heavy (non-hydrogen) atoms. The van der Waals surface area contributed by atoms with Gasteiger partial charge in [-0.05, 0) is 24.6 Å². The van der Waals surface area contributed by atoms with Crippen LogP contribution in [0.15, 0.2) is 24.3 Å². The van der Waals surface area contributed by atoms with Crippen molar-refractivity contribution in [2.75, 3.05) is 20.3 Å². The lowest BCUT2D eigenvalue weighted by atomic mass is 10.1. The van der Waals surface area contributed by atoms with Crippen molar-refractivity contribution in [1.29, 1.82) is 0 Å². The van der Waals surface area contributed by atoms with E-state index in [1.54, 1.807) is 0 Å². The number of methoxy groups -OCH3 is 1. The molecule has 1 unspecified atom stereocenters. The molecule has 1 aromatic rings. The van der Waals surface area contributed by atoms with Crippen LogP contribution < -0.4 is 4.72 Å². The van der Waals surface area contributed by atoms with Crippen LogP contribution in [0, 0.1) is 5.82 Å². The van der Waals surface area contributed by atoms with E-state index in [-0.39, 0.29) is 18.9 Å². The number of ether oxygens (including phenoxy) is 1. The summed E-state index contributed by atoms with van der Waals surface area (Å²) in [6.45, 7) is 1.30. The van der Waals surface area contributed by atoms with Crippen LogP contribution in [0.2, 0.25) is 0 Å². The van der Waals surface area contributed by atoms with Gasteiger partial charge in [-0.15, -0.1) is 0 Å². The second-order valence-electron chi connectivity index (χ2n) is 4.64. The van der Waals surface area contributed by atoms with Crippen molar-refractivity contribution in [1.82, 2.24) is 4.72 Å². The van der Waals surface area contributed by atoms with Gasteiger partial charge in [0.25, 0.3) is 0 Å². The number of hydrogen-bond acceptors (Lipinski definition) is 4. The molecule has 0 fully saturated rings. The Morgan fingerprint density at radius 1 is 1.47 bits per heavy atom. The number of nitrogens with one attached hydrogen (secondary N) is 1. The minimum absolute atomic E-state index is 0.00941. The van der Waals surface area contributed by atoms with Gasteiger partial charge in [0.05, 0.1) is 18.0 Å². The van der Waals surface area contributed by atoms with Crippen LogP contribution in [0.1, 0.15) is 12.5 Å². The maximum atomic E-state index is 12.9. The van der Waals surface area contributed by atoms with Gasteiger partial charge in [0.2, 0.25) is 10.0 Å². The van der Waals surface area contributed by atoms with Crippen LogP contribution in [-0.4, -0.2) is 39.4 Å². The van der Waals surface area contributed by atoms with Crippen molar-refractivity contribution in [3.05, 3.63) is 35.6 Å². The molecule has 0 radical (unpaired) electrons. The van der Waals surface area contributed by atoms with Gasteiger partial charge < -0.3 is 9.84 Å². The summed E-state index contributed by atoms with van der Waals surface area (Å²) in [4.78, 5) is 0. The van der Waals surface area contributed by atoms with E-state index < -0.39 is 21.4 Å². The van der Waals surface area contributed by atoms with Crippen LogP contribution in [0.3, 0.4) is 0 Å². The van der Waals surface area contributed by atoms with E-state index in [1.165, 1.54) is 32.2 Å². The van der Waals surface area contributed by atoms with Crippen LogP contribution >= 0.6 is 0 Å². The molecule has 2 N–H and O–H groups in total. The molecule has 1 aromatic carbocycles. The van der Waals surface area contributed by atoms with E-state index in [1.807, 2.05) is 0 Å². The SMILES string of the molecule is COCC(C)(O)CNS(=O)(=O)Cc1cccc(F)c1. The Labute approximate surface area is 112 Å². The second kappa shape index (κ2) is 6.42. The molecule has 1 rings (SSSR count). The van der Waals surface area contributed by atoms with Gasteiger partial charge in [0.15, 0.2) is 0 Å². The Balaban J connectivity index is 2.62. The predicted octanol–water partition coefficient (Wildman–Crippen LogP) is 0.643. The number of hydrogen-bond donors (Lipinski definition) is 2. The number of benzene rings is 1. The zero-order valence-electron chi connectivity index (χ0n) is 10.9. The molecule has 0 spiro atoms. The summed E-state index contributed by atoms with van der Waals surface area (Å²) in [6.07, 6.45) is 0. The summed E-state index contributed by atoms with van der Waals surface area (Å²) in [5.74, 6) is -0.826. The lowest BCUT2D eigenvalue weighted by molar-refractivity contribution is -0.0120. The van der Waals surface area contributed by atoms with Crippen molar-refractivity contribution in [3.8, 4) is 0 Å². The Bertz CT molecular complexity index is 516. The van der Waals surface area contributed by atoms with Crippen molar-refractivity contribution in [2.24, 2.45) is 0 Å². The highest BCUT2D eigenvalue weighted by molar-refractivity contribution is 7.88. The van der Waals surface area contributed by atoms with Gasteiger partial charge in [-0.25, -0.2) is 17.5 Å². The minimum atomic E-state index is -3.64. The van der Waals surface area contributed by atoms with E-state index in [9.17, 15) is 17.9 Å². The molecule has 5 nitrogen and oxygen atoms in total. The number of aliphatic hydroxyl groups is 1. The van der Waals surface area contributed by atoms with Crippen molar-refractivity contribution in [3.63, 3.8) is 0 Å². The smallest absolute Gasteiger partial charge is 0.215 e. The molecule has 0 aromatic heterocycles. The van der Waals surface area contributed by atoms with Crippen molar-refractivity contribution < 1.29 is 22.7 Å². The summed E-state index contributed by atoms with van der Waals surface area (Å²) in [7, 11) is -2.22. The zero-order chi connectivity index (χ0) is 14.5. The van der Waals surface area contributed by atoms with Crippen LogP contribution in [0.25, 0.3) is 0 Å². The van der Waals surface area contributed by atoms with Gasteiger partial charge in [0.1, 0.15) is 5.82 Å². The minimum Gasteiger partial charge on any atom is -0.386 e. The largest absolute Gasteiger partial charge is 0.386 e. The number of rotatable bonds is 7. The first-order chi connectivity index (χ1) is 8.74.